The van der Waals surface area contributed by atoms with Gasteiger partial charge in [0, 0.05) is 23.8 Å². The number of rotatable bonds is 4. The maximum atomic E-state index is 10.7. The average Bonchev–Trinajstić information content (AvgIpc) is 2.85. The molecule has 1 N–H and O–H groups in total. The third-order valence-electron chi connectivity index (χ3n) is 2.36. The van der Waals surface area contributed by atoms with Gasteiger partial charge >= 0.3 is 5.97 Å². The third-order valence-corrected chi connectivity index (χ3v) is 2.36. The van der Waals surface area contributed by atoms with Crippen molar-refractivity contribution in [3.63, 3.8) is 0 Å². The summed E-state index contributed by atoms with van der Waals surface area (Å²) in [5.41, 5.74) is 0.528. The average molecular weight is 259 g/mol. The molecule has 0 amide bonds. The second kappa shape index (κ2) is 5.18. The van der Waals surface area contributed by atoms with E-state index in [0.717, 1.165) is 6.08 Å². The highest BCUT2D eigenvalue weighted by atomic mass is 16.6. The number of carbonyl (C=O) groups is 1. The first-order valence-electron chi connectivity index (χ1n) is 5.32. The number of carboxylic acid groups (broad SMARTS) is 1. The Morgan fingerprint density at radius 2 is 2.11 bits per heavy atom. The van der Waals surface area contributed by atoms with Gasteiger partial charge in [0.1, 0.15) is 11.5 Å². The van der Waals surface area contributed by atoms with Gasteiger partial charge in [-0.2, -0.15) is 0 Å². The molecular formula is C13H9NO5. The Hall–Kier alpha value is -2.89. The van der Waals surface area contributed by atoms with Crippen molar-refractivity contribution in [3.8, 4) is 11.3 Å². The van der Waals surface area contributed by atoms with E-state index in [9.17, 15) is 14.9 Å². The van der Waals surface area contributed by atoms with Crippen LogP contribution in [0.3, 0.4) is 0 Å². The molecule has 19 heavy (non-hydrogen) atoms. The molecule has 0 radical (unpaired) electrons. The predicted molar refractivity (Wildman–Crippen MR) is 67.5 cm³/mol. The Morgan fingerprint density at radius 1 is 1.32 bits per heavy atom. The number of nitro benzene ring substituents is 1. The standard InChI is InChI=1S/C13H9NO5/c15-13(16)7-5-11-4-6-12(19-11)9-2-1-3-10(8-9)14(17)18/h1-8H,(H,15,16). The molecule has 0 unspecified atom stereocenters. The minimum Gasteiger partial charge on any atom is -0.478 e. The number of hydrogen-bond donors (Lipinski definition) is 1. The van der Waals surface area contributed by atoms with Gasteiger partial charge in [0.15, 0.2) is 0 Å². The van der Waals surface area contributed by atoms with Crippen molar-refractivity contribution in [1.29, 1.82) is 0 Å². The van der Waals surface area contributed by atoms with Crippen LogP contribution in [0.5, 0.6) is 0 Å². The van der Waals surface area contributed by atoms with Gasteiger partial charge < -0.3 is 9.52 Å². The summed E-state index contributed by atoms with van der Waals surface area (Å²) in [7, 11) is 0. The number of hydrogen-bond acceptors (Lipinski definition) is 4. The number of nitro groups is 1. The molecule has 0 aliphatic heterocycles. The summed E-state index contributed by atoms with van der Waals surface area (Å²) < 4.78 is 5.38. The summed E-state index contributed by atoms with van der Waals surface area (Å²) in [4.78, 5) is 20.5. The molecule has 0 fully saturated rings. The number of benzene rings is 1. The zero-order valence-electron chi connectivity index (χ0n) is 9.65. The molecule has 0 atom stereocenters. The monoisotopic (exact) mass is 259 g/mol. The summed E-state index contributed by atoms with van der Waals surface area (Å²) in [6, 6.07) is 9.23. The summed E-state index contributed by atoms with van der Waals surface area (Å²) in [6.07, 6.45) is 2.26. The predicted octanol–water partition coefficient (Wildman–Crippen LogP) is 2.95. The van der Waals surface area contributed by atoms with E-state index in [-0.39, 0.29) is 5.69 Å². The molecule has 1 aromatic heterocycles. The van der Waals surface area contributed by atoms with Crippen molar-refractivity contribution in [2.24, 2.45) is 0 Å². The lowest BCUT2D eigenvalue weighted by Crippen LogP contribution is -1.87. The topological polar surface area (TPSA) is 93.6 Å². The first kappa shape index (κ1) is 12.6. The van der Waals surface area contributed by atoms with Gasteiger partial charge in [0.25, 0.3) is 5.69 Å². The maximum Gasteiger partial charge on any atom is 0.328 e. The number of nitrogens with zero attached hydrogens (tertiary/aromatic N) is 1. The molecule has 96 valence electrons. The van der Waals surface area contributed by atoms with Crippen LogP contribution in [-0.4, -0.2) is 16.0 Å². The molecule has 0 bridgehead atoms. The molecule has 0 aliphatic rings. The molecule has 1 heterocycles. The molecular weight excluding hydrogens is 250 g/mol. The second-order valence-corrected chi connectivity index (χ2v) is 3.68. The Morgan fingerprint density at radius 3 is 2.79 bits per heavy atom. The fourth-order valence-corrected chi connectivity index (χ4v) is 1.52. The minimum atomic E-state index is -1.08. The van der Waals surface area contributed by atoms with Gasteiger partial charge in [-0.25, -0.2) is 4.79 Å². The molecule has 0 saturated carbocycles. The number of non-ortho nitro benzene ring substituents is 1. The highest BCUT2D eigenvalue weighted by Gasteiger charge is 2.09. The van der Waals surface area contributed by atoms with Crippen LogP contribution >= 0.6 is 0 Å². The van der Waals surface area contributed by atoms with Crippen LogP contribution < -0.4 is 0 Å². The van der Waals surface area contributed by atoms with Crippen LogP contribution in [-0.2, 0) is 4.79 Å². The van der Waals surface area contributed by atoms with E-state index in [0.29, 0.717) is 17.1 Å². The van der Waals surface area contributed by atoms with Gasteiger partial charge in [0.2, 0.25) is 0 Å². The SMILES string of the molecule is O=C(O)C=Cc1ccc(-c2cccc([N+](=O)[O-])c2)o1. The Bertz CT molecular complexity index is 657. The zero-order valence-corrected chi connectivity index (χ0v) is 9.65. The Kier molecular flexibility index (Phi) is 3.42. The van der Waals surface area contributed by atoms with Crippen LogP contribution in [0.1, 0.15) is 5.76 Å². The first-order chi connectivity index (χ1) is 9.06. The fourth-order valence-electron chi connectivity index (χ4n) is 1.52. The van der Waals surface area contributed by atoms with Crippen LogP contribution in [0.15, 0.2) is 46.9 Å². The Labute approximate surface area is 107 Å². The molecule has 1 aromatic carbocycles. The molecule has 6 heteroatoms. The van der Waals surface area contributed by atoms with Crippen molar-refractivity contribution >= 4 is 17.7 Å². The molecule has 0 saturated heterocycles. The highest BCUT2D eigenvalue weighted by molar-refractivity contribution is 5.84. The molecule has 2 rings (SSSR count). The maximum absolute atomic E-state index is 10.7. The second-order valence-electron chi connectivity index (χ2n) is 3.68. The molecule has 0 spiro atoms. The van der Waals surface area contributed by atoms with Gasteiger partial charge in [-0.1, -0.05) is 12.1 Å². The summed E-state index contributed by atoms with van der Waals surface area (Å²) >= 11 is 0. The summed E-state index contributed by atoms with van der Waals surface area (Å²) in [5.74, 6) is -0.272. The van der Waals surface area contributed by atoms with Crippen molar-refractivity contribution in [2.75, 3.05) is 0 Å². The number of furan rings is 1. The normalized spacial score (nSPS) is 10.7. The largest absolute Gasteiger partial charge is 0.478 e. The van der Waals surface area contributed by atoms with Crippen LogP contribution in [0.2, 0.25) is 0 Å². The van der Waals surface area contributed by atoms with E-state index in [4.69, 9.17) is 9.52 Å². The van der Waals surface area contributed by atoms with E-state index in [1.54, 1.807) is 24.3 Å². The summed E-state index contributed by atoms with van der Waals surface area (Å²) in [6.45, 7) is 0. The lowest BCUT2D eigenvalue weighted by Gasteiger charge is -1.96. The first-order valence-corrected chi connectivity index (χ1v) is 5.32. The highest BCUT2D eigenvalue weighted by Crippen LogP contribution is 2.26. The minimum absolute atomic E-state index is 0.0310. The Balaban J connectivity index is 2.30. The zero-order chi connectivity index (χ0) is 13.8. The van der Waals surface area contributed by atoms with Crippen LogP contribution in [0.25, 0.3) is 17.4 Å². The van der Waals surface area contributed by atoms with Crippen LogP contribution in [0.4, 0.5) is 5.69 Å². The van der Waals surface area contributed by atoms with Gasteiger partial charge in [0.05, 0.1) is 4.92 Å². The lowest BCUT2D eigenvalue weighted by molar-refractivity contribution is -0.384. The fraction of sp³-hybridized carbons (Fsp3) is 0. The van der Waals surface area contributed by atoms with E-state index in [1.807, 2.05) is 0 Å². The van der Waals surface area contributed by atoms with Crippen molar-refractivity contribution < 1.29 is 19.2 Å². The van der Waals surface area contributed by atoms with Gasteiger partial charge in [-0.3, -0.25) is 10.1 Å². The number of carboxylic acids is 1. The lowest BCUT2D eigenvalue weighted by atomic mass is 10.1. The van der Waals surface area contributed by atoms with E-state index in [1.165, 1.54) is 18.2 Å². The van der Waals surface area contributed by atoms with Crippen molar-refractivity contribution in [3.05, 3.63) is 58.3 Å². The smallest absolute Gasteiger partial charge is 0.328 e. The van der Waals surface area contributed by atoms with Gasteiger partial charge in [-0.15, -0.1) is 0 Å². The van der Waals surface area contributed by atoms with Gasteiger partial charge in [-0.05, 0) is 18.2 Å². The van der Waals surface area contributed by atoms with E-state index >= 15 is 0 Å². The van der Waals surface area contributed by atoms with Crippen LogP contribution in [0, 0.1) is 10.1 Å². The number of aliphatic carboxylic acids is 1. The summed E-state index contributed by atoms with van der Waals surface area (Å²) in [5, 5.41) is 19.2. The molecule has 6 nitrogen and oxygen atoms in total. The van der Waals surface area contributed by atoms with Crippen molar-refractivity contribution in [1.82, 2.24) is 0 Å². The molecule has 2 aromatic rings. The molecule has 0 aliphatic carbocycles. The van der Waals surface area contributed by atoms with E-state index < -0.39 is 10.9 Å². The third kappa shape index (κ3) is 3.06. The quantitative estimate of drug-likeness (QED) is 0.517. The van der Waals surface area contributed by atoms with Crippen molar-refractivity contribution in [2.45, 2.75) is 0 Å². The van der Waals surface area contributed by atoms with E-state index in [2.05, 4.69) is 0 Å².